The van der Waals surface area contributed by atoms with E-state index in [0.29, 0.717) is 17.9 Å². The largest absolute Gasteiger partial charge is 0.463 e. The van der Waals surface area contributed by atoms with E-state index in [0.717, 1.165) is 0 Å². The Morgan fingerprint density at radius 1 is 1.29 bits per heavy atom. The van der Waals surface area contributed by atoms with Crippen LogP contribution in [0.4, 0.5) is 9.18 Å². The predicted octanol–water partition coefficient (Wildman–Crippen LogP) is 2.64. The van der Waals surface area contributed by atoms with Crippen molar-refractivity contribution in [1.29, 1.82) is 0 Å². The number of ether oxygens (including phenoxy) is 2. The van der Waals surface area contributed by atoms with Gasteiger partial charge in [0.2, 0.25) is 0 Å². The highest BCUT2D eigenvalue weighted by atomic mass is 19.1. The number of aliphatic imine (C=N–C) groups is 1. The summed E-state index contributed by atoms with van der Waals surface area (Å²) in [6.07, 6.45) is 0.0490. The van der Waals surface area contributed by atoms with Gasteiger partial charge < -0.3 is 14.8 Å². The van der Waals surface area contributed by atoms with Crippen LogP contribution in [-0.4, -0.2) is 37.0 Å². The van der Waals surface area contributed by atoms with E-state index in [1.165, 1.54) is 24.3 Å². The molecule has 1 aliphatic heterocycles. The molecule has 1 aliphatic rings. The van der Waals surface area contributed by atoms with Crippen molar-refractivity contribution in [3.05, 3.63) is 35.6 Å². The highest BCUT2D eigenvalue weighted by Gasteiger charge is 2.37. The van der Waals surface area contributed by atoms with Crippen molar-refractivity contribution in [2.24, 2.45) is 10.9 Å². The molecule has 1 aromatic rings. The van der Waals surface area contributed by atoms with Gasteiger partial charge in [0, 0.05) is 5.71 Å². The molecule has 2 rings (SSSR count). The first-order valence-electron chi connectivity index (χ1n) is 7.78. The minimum atomic E-state index is -0.757. The molecule has 0 bridgehead atoms. The van der Waals surface area contributed by atoms with Gasteiger partial charge in [-0.2, -0.15) is 0 Å². The zero-order valence-electron chi connectivity index (χ0n) is 13.9. The highest BCUT2D eigenvalue weighted by Crippen LogP contribution is 2.28. The first kappa shape index (κ1) is 18.1. The number of amides is 2. The Morgan fingerprint density at radius 2 is 1.96 bits per heavy atom. The van der Waals surface area contributed by atoms with Crippen molar-refractivity contribution >= 4 is 17.7 Å². The molecule has 1 heterocycles. The quantitative estimate of drug-likeness (QED) is 0.640. The maximum atomic E-state index is 13.1. The average Bonchev–Trinajstić information content (AvgIpc) is 2.51. The summed E-state index contributed by atoms with van der Waals surface area (Å²) >= 11 is 0. The molecule has 0 saturated heterocycles. The number of hydrogen-bond acceptors (Lipinski definition) is 4. The summed E-state index contributed by atoms with van der Waals surface area (Å²) in [7, 11) is 0. The molecule has 130 valence electrons. The van der Waals surface area contributed by atoms with Gasteiger partial charge in [0.1, 0.15) is 18.3 Å². The highest BCUT2D eigenvalue weighted by molar-refractivity contribution is 6.08. The molecule has 0 aliphatic carbocycles. The first-order chi connectivity index (χ1) is 11.4. The Hall–Kier alpha value is -2.28. The molecular formula is C17H21FN2O4. The molecular weight excluding hydrogens is 315 g/mol. The number of benzene rings is 1. The molecule has 7 heteroatoms. The van der Waals surface area contributed by atoms with Gasteiger partial charge in [-0.1, -0.05) is 12.1 Å². The van der Waals surface area contributed by atoms with Gasteiger partial charge in [-0.05, 0) is 38.5 Å². The van der Waals surface area contributed by atoms with Crippen molar-refractivity contribution in [1.82, 2.24) is 5.32 Å². The first-order valence-corrected chi connectivity index (χ1v) is 7.78. The van der Waals surface area contributed by atoms with Crippen LogP contribution in [-0.2, 0) is 14.3 Å². The maximum absolute atomic E-state index is 13.1. The fourth-order valence-electron chi connectivity index (χ4n) is 2.49. The molecule has 1 aromatic carbocycles. The summed E-state index contributed by atoms with van der Waals surface area (Å²) in [5, 5.41) is 2.64. The Bertz CT molecular complexity index is 628. The van der Waals surface area contributed by atoms with Crippen LogP contribution in [0.5, 0.6) is 0 Å². The third-order valence-electron chi connectivity index (χ3n) is 3.60. The van der Waals surface area contributed by atoms with Crippen molar-refractivity contribution in [3.63, 3.8) is 0 Å². The molecule has 24 heavy (non-hydrogen) atoms. The molecule has 0 saturated carbocycles. The molecule has 1 N–H and O–H groups in total. The van der Waals surface area contributed by atoms with E-state index in [1.54, 1.807) is 6.92 Å². The maximum Gasteiger partial charge on any atom is 0.341 e. The molecule has 2 amide bonds. The van der Waals surface area contributed by atoms with E-state index in [2.05, 4.69) is 10.3 Å². The number of nitrogens with one attached hydrogen (secondary N) is 1. The Labute approximate surface area is 140 Å². The topological polar surface area (TPSA) is 77.0 Å². The van der Waals surface area contributed by atoms with E-state index < -0.39 is 29.8 Å². The van der Waals surface area contributed by atoms with Gasteiger partial charge in [0.25, 0.3) is 0 Å². The molecule has 6 nitrogen and oxygen atoms in total. The summed E-state index contributed by atoms with van der Waals surface area (Å²) in [6.45, 7) is 5.79. The molecule has 0 radical (unpaired) electrons. The zero-order chi connectivity index (χ0) is 17.7. The van der Waals surface area contributed by atoms with E-state index in [4.69, 9.17) is 9.47 Å². The molecule has 2 atom stereocenters. The average molecular weight is 336 g/mol. The Morgan fingerprint density at radius 3 is 2.58 bits per heavy atom. The number of hydrogen-bond donors (Lipinski definition) is 1. The Kier molecular flexibility index (Phi) is 6.03. The SMILES string of the molecule is CC1=NC(=O)NC(c2ccc(F)cc2)C1C(=O)OCCOC(C)C. The lowest BCUT2D eigenvalue weighted by atomic mass is 9.88. The lowest BCUT2D eigenvalue weighted by Crippen LogP contribution is -2.44. The minimum Gasteiger partial charge on any atom is -0.463 e. The number of carbonyl (C=O) groups is 2. The van der Waals surface area contributed by atoms with Gasteiger partial charge in [0.15, 0.2) is 0 Å². The van der Waals surface area contributed by atoms with Crippen LogP contribution in [0, 0.1) is 11.7 Å². The van der Waals surface area contributed by atoms with Crippen LogP contribution < -0.4 is 5.32 Å². The van der Waals surface area contributed by atoms with Crippen molar-refractivity contribution < 1.29 is 23.5 Å². The van der Waals surface area contributed by atoms with Gasteiger partial charge in [0.05, 0.1) is 18.8 Å². The van der Waals surface area contributed by atoms with Gasteiger partial charge in [-0.25, -0.2) is 14.2 Å². The number of nitrogens with zero attached hydrogens (tertiary/aromatic N) is 1. The monoisotopic (exact) mass is 336 g/mol. The lowest BCUT2D eigenvalue weighted by molar-refractivity contribution is -0.149. The summed E-state index contributed by atoms with van der Waals surface area (Å²) in [5.74, 6) is -1.65. The lowest BCUT2D eigenvalue weighted by Gasteiger charge is -2.29. The number of carbonyl (C=O) groups excluding carboxylic acids is 2. The number of urea groups is 1. The summed E-state index contributed by atoms with van der Waals surface area (Å²) in [5.41, 5.74) is 0.974. The molecule has 0 fully saturated rings. The van der Waals surface area contributed by atoms with Crippen molar-refractivity contribution in [2.45, 2.75) is 32.9 Å². The zero-order valence-corrected chi connectivity index (χ0v) is 13.9. The van der Waals surface area contributed by atoms with Crippen LogP contribution in [0.1, 0.15) is 32.4 Å². The van der Waals surface area contributed by atoms with Crippen LogP contribution in [0.3, 0.4) is 0 Å². The molecule has 2 unspecified atom stereocenters. The minimum absolute atomic E-state index is 0.0490. The number of halogens is 1. The molecule has 0 aromatic heterocycles. The van der Waals surface area contributed by atoms with Crippen molar-refractivity contribution in [3.8, 4) is 0 Å². The third-order valence-corrected chi connectivity index (χ3v) is 3.60. The van der Waals surface area contributed by atoms with E-state index in [1.807, 2.05) is 13.8 Å². The third kappa shape index (κ3) is 4.61. The standard InChI is InChI=1S/C17H21FN2O4/c1-10(2)23-8-9-24-16(21)14-11(3)19-17(22)20-15(14)12-4-6-13(18)7-5-12/h4-7,10,14-15H,8-9H2,1-3H3,(H,20,22). The predicted molar refractivity (Wildman–Crippen MR) is 86.3 cm³/mol. The normalized spacial score (nSPS) is 20.5. The van der Waals surface area contributed by atoms with Crippen LogP contribution in [0.15, 0.2) is 29.3 Å². The van der Waals surface area contributed by atoms with Gasteiger partial charge in [-0.15, -0.1) is 0 Å². The number of esters is 1. The van der Waals surface area contributed by atoms with Crippen LogP contribution in [0.25, 0.3) is 0 Å². The van der Waals surface area contributed by atoms with E-state index in [9.17, 15) is 14.0 Å². The summed E-state index contributed by atoms with van der Waals surface area (Å²) in [6, 6.07) is 4.44. The molecule has 0 spiro atoms. The van der Waals surface area contributed by atoms with E-state index >= 15 is 0 Å². The Balaban J connectivity index is 2.12. The smallest absolute Gasteiger partial charge is 0.341 e. The van der Waals surface area contributed by atoms with Gasteiger partial charge in [-0.3, -0.25) is 4.79 Å². The van der Waals surface area contributed by atoms with E-state index in [-0.39, 0.29) is 12.7 Å². The second kappa shape index (κ2) is 8.01. The van der Waals surface area contributed by atoms with Crippen LogP contribution in [0.2, 0.25) is 0 Å². The van der Waals surface area contributed by atoms with Crippen molar-refractivity contribution in [2.75, 3.05) is 13.2 Å². The fraction of sp³-hybridized carbons (Fsp3) is 0.471. The number of rotatable bonds is 6. The second-order valence-corrected chi connectivity index (χ2v) is 5.80. The second-order valence-electron chi connectivity index (χ2n) is 5.80. The van der Waals surface area contributed by atoms with Gasteiger partial charge >= 0.3 is 12.0 Å². The van der Waals surface area contributed by atoms with Crippen LogP contribution >= 0.6 is 0 Å². The summed E-state index contributed by atoms with van der Waals surface area (Å²) < 4.78 is 23.7. The fourth-order valence-corrected chi connectivity index (χ4v) is 2.49. The summed E-state index contributed by atoms with van der Waals surface area (Å²) in [4.78, 5) is 27.9.